The lowest BCUT2D eigenvalue weighted by Crippen LogP contribution is -2.47. The van der Waals surface area contributed by atoms with E-state index in [1.54, 1.807) is 0 Å². The number of hydrogen-bond acceptors (Lipinski definition) is 4. The maximum absolute atomic E-state index is 12.2. The van der Waals surface area contributed by atoms with Gasteiger partial charge in [0.2, 0.25) is 5.91 Å². The molecular weight excluding hydrogens is 230 g/mol. The van der Waals surface area contributed by atoms with Crippen LogP contribution in [0.2, 0.25) is 0 Å². The fraction of sp³-hybridized carbons (Fsp3) is 0.923. The highest BCUT2D eigenvalue weighted by atomic mass is 16.5. The van der Waals surface area contributed by atoms with E-state index in [9.17, 15) is 4.79 Å². The third kappa shape index (κ3) is 3.93. The summed E-state index contributed by atoms with van der Waals surface area (Å²) in [6, 6.07) is 0. The Kier molecular flexibility index (Phi) is 5.41. The van der Waals surface area contributed by atoms with Crippen LogP contribution >= 0.6 is 0 Å². The molecule has 1 atom stereocenters. The Balaban J connectivity index is 1.69. The van der Waals surface area contributed by atoms with Gasteiger partial charge in [-0.1, -0.05) is 0 Å². The lowest BCUT2D eigenvalue weighted by atomic mass is 10.0. The summed E-state index contributed by atoms with van der Waals surface area (Å²) in [6.45, 7) is 7.54. The van der Waals surface area contributed by atoms with Gasteiger partial charge >= 0.3 is 0 Å². The van der Waals surface area contributed by atoms with Crippen molar-refractivity contribution in [2.24, 2.45) is 5.92 Å². The molecule has 1 amide bonds. The van der Waals surface area contributed by atoms with Crippen LogP contribution in [-0.4, -0.2) is 75.2 Å². The molecule has 2 aliphatic heterocycles. The fourth-order valence-electron chi connectivity index (χ4n) is 2.58. The van der Waals surface area contributed by atoms with Crippen molar-refractivity contribution in [1.82, 2.24) is 15.1 Å². The van der Waals surface area contributed by atoms with Crippen LogP contribution in [0.1, 0.15) is 12.8 Å². The van der Waals surface area contributed by atoms with Gasteiger partial charge in [-0.3, -0.25) is 9.69 Å². The monoisotopic (exact) mass is 255 g/mol. The van der Waals surface area contributed by atoms with Crippen molar-refractivity contribution < 1.29 is 9.53 Å². The molecule has 2 rings (SSSR count). The van der Waals surface area contributed by atoms with Crippen LogP contribution in [0.25, 0.3) is 0 Å². The number of carbonyl (C=O) groups is 1. The summed E-state index contributed by atoms with van der Waals surface area (Å²) in [5, 5.41) is 3.34. The zero-order valence-corrected chi connectivity index (χ0v) is 11.4. The predicted molar refractivity (Wildman–Crippen MR) is 70.5 cm³/mol. The highest BCUT2D eigenvalue weighted by Crippen LogP contribution is 2.15. The number of carbonyl (C=O) groups excluding carboxylic acids is 1. The molecule has 0 aromatic heterocycles. The molecule has 0 aromatic carbocycles. The molecule has 0 saturated carbocycles. The van der Waals surface area contributed by atoms with Gasteiger partial charge in [-0.25, -0.2) is 0 Å². The van der Waals surface area contributed by atoms with Crippen molar-refractivity contribution in [3.8, 4) is 0 Å². The Bertz CT molecular complexity index is 261. The molecule has 2 heterocycles. The third-order valence-electron chi connectivity index (χ3n) is 3.85. The van der Waals surface area contributed by atoms with Crippen LogP contribution in [0.15, 0.2) is 0 Å². The fourth-order valence-corrected chi connectivity index (χ4v) is 2.58. The number of ether oxygens (including phenoxy) is 1. The first-order valence-electron chi connectivity index (χ1n) is 7.03. The average molecular weight is 255 g/mol. The molecule has 0 aromatic rings. The summed E-state index contributed by atoms with van der Waals surface area (Å²) in [5.74, 6) is 0.344. The van der Waals surface area contributed by atoms with E-state index in [1.165, 1.54) is 0 Å². The Morgan fingerprint density at radius 1 is 1.44 bits per heavy atom. The van der Waals surface area contributed by atoms with E-state index in [2.05, 4.69) is 10.2 Å². The molecule has 2 aliphatic rings. The first-order valence-corrected chi connectivity index (χ1v) is 7.03. The van der Waals surface area contributed by atoms with Gasteiger partial charge in [0.15, 0.2) is 0 Å². The van der Waals surface area contributed by atoms with E-state index >= 15 is 0 Å². The maximum Gasteiger partial charge on any atom is 0.227 e. The number of amides is 1. The lowest BCUT2D eigenvalue weighted by molar-refractivity contribution is -0.138. The molecule has 5 heteroatoms. The normalized spacial score (nSPS) is 25.9. The van der Waals surface area contributed by atoms with Gasteiger partial charge in [0.05, 0.1) is 12.5 Å². The molecule has 2 saturated heterocycles. The van der Waals surface area contributed by atoms with Gasteiger partial charge in [-0.2, -0.15) is 0 Å². The molecular formula is C13H25N3O2. The largest absolute Gasteiger partial charge is 0.381 e. The third-order valence-corrected chi connectivity index (χ3v) is 3.85. The minimum Gasteiger partial charge on any atom is -0.381 e. The van der Waals surface area contributed by atoms with Crippen molar-refractivity contribution in [2.75, 3.05) is 59.5 Å². The summed E-state index contributed by atoms with van der Waals surface area (Å²) in [6.07, 6.45) is 2.00. The van der Waals surface area contributed by atoms with E-state index in [-0.39, 0.29) is 11.8 Å². The number of likely N-dealkylation sites (N-methyl/N-ethyl adjacent to an activating group) is 1. The van der Waals surface area contributed by atoms with Gasteiger partial charge in [-0.05, 0) is 12.8 Å². The maximum atomic E-state index is 12.2. The molecule has 0 spiro atoms. The number of nitrogens with zero attached hydrogens (tertiary/aromatic N) is 2. The zero-order chi connectivity index (χ0) is 12.8. The molecule has 18 heavy (non-hydrogen) atoms. The first kappa shape index (κ1) is 13.8. The van der Waals surface area contributed by atoms with E-state index in [0.29, 0.717) is 6.61 Å². The Morgan fingerprint density at radius 3 is 2.89 bits per heavy atom. The highest BCUT2D eigenvalue weighted by Gasteiger charge is 2.24. The SMILES string of the molecule is CN(CCN1CCNCC1)C(=O)C1CCCOC1. The van der Waals surface area contributed by atoms with Gasteiger partial charge < -0.3 is 15.0 Å². The second kappa shape index (κ2) is 7.07. The minimum absolute atomic E-state index is 0.0896. The molecule has 0 aliphatic carbocycles. The molecule has 0 radical (unpaired) electrons. The van der Waals surface area contributed by atoms with Crippen LogP contribution in [0, 0.1) is 5.92 Å². The second-order valence-corrected chi connectivity index (χ2v) is 5.27. The molecule has 1 N–H and O–H groups in total. The van der Waals surface area contributed by atoms with Gasteiger partial charge in [0.25, 0.3) is 0 Å². The van der Waals surface area contributed by atoms with E-state index in [1.807, 2.05) is 11.9 Å². The van der Waals surface area contributed by atoms with Gasteiger partial charge in [-0.15, -0.1) is 0 Å². The average Bonchev–Trinajstić information content (AvgIpc) is 2.46. The number of hydrogen-bond donors (Lipinski definition) is 1. The van der Waals surface area contributed by atoms with E-state index in [4.69, 9.17) is 4.74 Å². The minimum atomic E-state index is 0.0896. The van der Waals surface area contributed by atoms with Gasteiger partial charge in [0, 0.05) is 52.9 Å². The van der Waals surface area contributed by atoms with Crippen molar-refractivity contribution in [2.45, 2.75) is 12.8 Å². The van der Waals surface area contributed by atoms with Crippen molar-refractivity contribution in [3.63, 3.8) is 0 Å². The van der Waals surface area contributed by atoms with Crippen LogP contribution in [0.5, 0.6) is 0 Å². The van der Waals surface area contributed by atoms with Crippen LogP contribution < -0.4 is 5.32 Å². The highest BCUT2D eigenvalue weighted by molar-refractivity contribution is 5.78. The molecule has 104 valence electrons. The second-order valence-electron chi connectivity index (χ2n) is 5.27. The zero-order valence-electron chi connectivity index (χ0n) is 11.4. The quantitative estimate of drug-likeness (QED) is 0.754. The lowest BCUT2D eigenvalue weighted by Gasteiger charge is -2.31. The molecule has 0 bridgehead atoms. The van der Waals surface area contributed by atoms with Crippen LogP contribution in [0.3, 0.4) is 0 Å². The van der Waals surface area contributed by atoms with Gasteiger partial charge in [0.1, 0.15) is 0 Å². The summed E-state index contributed by atoms with van der Waals surface area (Å²) >= 11 is 0. The summed E-state index contributed by atoms with van der Waals surface area (Å²) < 4.78 is 5.38. The Hall–Kier alpha value is -0.650. The van der Waals surface area contributed by atoms with Crippen LogP contribution in [0.4, 0.5) is 0 Å². The Labute approximate surface area is 109 Å². The molecule has 5 nitrogen and oxygen atoms in total. The summed E-state index contributed by atoms with van der Waals surface area (Å²) in [7, 11) is 1.92. The summed E-state index contributed by atoms with van der Waals surface area (Å²) in [5.41, 5.74) is 0. The van der Waals surface area contributed by atoms with Crippen molar-refractivity contribution in [3.05, 3.63) is 0 Å². The number of nitrogens with one attached hydrogen (secondary N) is 1. The van der Waals surface area contributed by atoms with E-state index < -0.39 is 0 Å². The topological polar surface area (TPSA) is 44.8 Å². The Morgan fingerprint density at radius 2 is 2.22 bits per heavy atom. The first-order chi connectivity index (χ1) is 8.77. The van der Waals surface area contributed by atoms with Crippen molar-refractivity contribution in [1.29, 1.82) is 0 Å². The number of piperazine rings is 1. The predicted octanol–water partition coefficient (Wildman–Crippen LogP) is -0.223. The number of rotatable bonds is 4. The van der Waals surface area contributed by atoms with Crippen molar-refractivity contribution >= 4 is 5.91 Å². The van der Waals surface area contributed by atoms with Crippen LogP contribution in [-0.2, 0) is 9.53 Å². The standard InChI is InChI=1S/C13H25N3O2/c1-15(8-9-16-6-4-14-5-7-16)13(17)12-3-2-10-18-11-12/h12,14H,2-11H2,1H3. The summed E-state index contributed by atoms with van der Waals surface area (Å²) in [4.78, 5) is 16.5. The molecule has 2 fully saturated rings. The smallest absolute Gasteiger partial charge is 0.227 e. The molecule has 1 unspecified atom stereocenters. The van der Waals surface area contributed by atoms with E-state index in [0.717, 1.165) is 58.7 Å².